The Morgan fingerprint density at radius 2 is 2.18 bits per heavy atom. The van der Waals surface area contributed by atoms with E-state index < -0.39 is 0 Å². The van der Waals surface area contributed by atoms with Gasteiger partial charge in [0.2, 0.25) is 0 Å². The number of hydrogen-bond acceptors (Lipinski definition) is 3. The number of halogens is 1. The van der Waals surface area contributed by atoms with Crippen molar-refractivity contribution < 1.29 is 4.79 Å². The van der Waals surface area contributed by atoms with Crippen molar-refractivity contribution in [2.75, 3.05) is 0 Å². The molecular formula is C18H17BrN2O. The molecule has 0 atom stereocenters. The summed E-state index contributed by atoms with van der Waals surface area (Å²) in [6.07, 6.45) is 5.85. The van der Waals surface area contributed by atoms with Gasteiger partial charge in [0.05, 0.1) is 0 Å². The standard InChI is InChI=1S/C18H17BrN2O/c1-18(2)10-13-8-14(19)5-6-15(13)16(21-18)9-17(22)12-4-3-7-20-11-12/h3-9,11,21H,10H2,1-2H3/b16-9-. The van der Waals surface area contributed by atoms with Crippen molar-refractivity contribution in [1.29, 1.82) is 0 Å². The second kappa shape index (κ2) is 5.69. The molecule has 3 nitrogen and oxygen atoms in total. The van der Waals surface area contributed by atoms with Crippen LogP contribution in [0.2, 0.25) is 0 Å². The third kappa shape index (κ3) is 3.12. The van der Waals surface area contributed by atoms with Crippen molar-refractivity contribution in [2.45, 2.75) is 25.8 Å². The fourth-order valence-electron chi connectivity index (χ4n) is 2.76. The van der Waals surface area contributed by atoms with E-state index in [0.717, 1.165) is 22.2 Å². The lowest BCUT2D eigenvalue weighted by molar-refractivity contribution is 0.104. The Kier molecular flexibility index (Phi) is 3.87. The number of hydrogen-bond donors (Lipinski definition) is 1. The van der Waals surface area contributed by atoms with Gasteiger partial charge in [-0.05, 0) is 50.1 Å². The first-order chi connectivity index (χ1) is 10.4. The number of aromatic nitrogens is 1. The number of allylic oxidation sites excluding steroid dienone is 1. The predicted octanol–water partition coefficient (Wildman–Crippen LogP) is 3.99. The minimum absolute atomic E-state index is 0.0397. The summed E-state index contributed by atoms with van der Waals surface area (Å²) in [5.74, 6) is -0.0397. The first-order valence-corrected chi connectivity index (χ1v) is 7.97. The van der Waals surface area contributed by atoms with E-state index in [2.05, 4.69) is 46.1 Å². The topological polar surface area (TPSA) is 42.0 Å². The summed E-state index contributed by atoms with van der Waals surface area (Å²) < 4.78 is 1.06. The van der Waals surface area contributed by atoms with Crippen LogP contribution in [0.25, 0.3) is 5.70 Å². The molecule has 112 valence electrons. The van der Waals surface area contributed by atoms with Gasteiger partial charge in [0, 0.05) is 45.3 Å². The van der Waals surface area contributed by atoms with E-state index in [1.165, 1.54) is 5.56 Å². The molecule has 0 saturated carbocycles. The zero-order valence-corrected chi connectivity index (χ0v) is 14.1. The number of nitrogens with zero attached hydrogens (tertiary/aromatic N) is 1. The van der Waals surface area contributed by atoms with Gasteiger partial charge < -0.3 is 5.32 Å². The number of carbonyl (C=O) groups is 1. The van der Waals surface area contributed by atoms with Crippen LogP contribution >= 0.6 is 15.9 Å². The van der Waals surface area contributed by atoms with Crippen molar-refractivity contribution in [1.82, 2.24) is 10.3 Å². The van der Waals surface area contributed by atoms with Crippen LogP contribution in [-0.4, -0.2) is 16.3 Å². The van der Waals surface area contributed by atoms with Gasteiger partial charge in [0.15, 0.2) is 5.78 Å². The van der Waals surface area contributed by atoms with Crippen LogP contribution in [0.15, 0.2) is 53.3 Å². The first kappa shape index (κ1) is 15.0. The highest BCUT2D eigenvalue weighted by Gasteiger charge is 2.28. The van der Waals surface area contributed by atoms with Gasteiger partial charge >= 0.3 is 0 Å². The van der Waals surface area contributed by atoms with Gasteiger partial charge in [-0.1, -0.05) is 22.0 Å². The zero-order valence-electron chi connectivity index (χ0n) is 12.6. The summed E-state index contributed by atoms with van der Waals surface area (Å²) in [6.45, 7) is 4.28. The third-order valence-corrected chi connectivity index (χ3v) is 4.18. The monoisotopic (exact) mass is 356 g/mol. The molecule has 0 amide bonds. The Morgan fingerprint density at radius 1 is 1.36 bits per heavy atom. The number of rotatable bonds is 2. The van der Waals surface area contributed by atoms with Gasteiger partial charge in [-0.15, -0.1) is 0 Å². The van der Waals surface area contributed by atoms with E-state index in [1.54, 1.807) is 30.6 Å². The maximum Gasteiger partial charge on any atom is 0.189 e. The largest absolute Gasteiger partial charge is 0.379 e. The van der Waals surface area contributed by atoms with Gasteiger partial charge in [-0.2, -0.15) is 0 Å². The Balaban J connectivity index is 2.03. The molecule has 1 aliphatic heterocycles. The van der Waals surface area contributed by atoms with Gasteiger partial charge in [0.25, 0.3) is 0 Å². The molecule has 0 saturated heterocycles. The van der Waals surface area contributed by atoms with Crippen LogP contribution < -0.4 is 5.32 Å². The second-order valence-electron chi connectivity index (χ2n) is 6.15. The quantitative estimate of drug-likeness (QED) is 0.653. The predicted molar refractivity (Wildman–Crippen MR) is 91.6 cm³/mol. The van der Waals surface area contributed by atoms with Crippen LogP contribution in [0, 0.1) is 0 Å². The minimum Gasteiger partial charge on any atom is -0.379 e. The Morgan fingerprint density at radius 3 is 2.91 bits per heavy atom. The number of ketones is 1. The molecule has 0 fully saturated rings. The SMILES string of the molecule is CC1(C)Cc2cc(Br)ccc2/C(=C/C(=O)c2cccnc2)N1. The van der Waals surface area contributed by atoms with Crippen molar-refractivity contribution >= 4 is 27.4 Å². The molecule has 1 aromatic heterocycles. The molecule has 0 aliphatic carbocycles. The number of pyridine rings is 1. The molecule has 1 aromatic carbocycles. The highest BCUT2D eigenvalue weighted by atomic mass is 79.9. The zero-order chi connectivity index (χ0) is 15.7. The molecule has 1 N–H and O–H groups in total. The molecule has 0 spiro atoms. The molecule has 0 radical (unpaired) electrons. The smallest absolute Gasteiger partial charge is 0.189 e. The summed E-state index contributed by atoms with van der Waals surface area (Å²) in [6, 6.07) is 9.73. The van der Waals surface area contributed by atoms with Gasteiger partial charge in [-0.25, -0.2) is 0 Å². The number of fused-ring (bicyclic) bond motifs is 1. The van der Waals surface area contributed by atoms with E-state index in [9.17, 15) is 4.79 Å². The molecular weight excluding hydrogens is 340 g/mol. The Hall–Kier alpha value is -1.94. The molecule has 2 heterocycles. The van der Waals surface area contributed by atoms with E-state index >= 15 is 0 Å². The molecule has 4 heteroatoms. The minimum atomic E-state index is -0.0884. The summed E-state index contributed by atoms with van der Waals surface area (Å²) in [4.78, 5) is 16.4. The lowest BCUT2D eigenvalue weighted by Gasteiger charge is -2.35. The van der Waals surface area contributed by atoms with Gasteiger partial charge in [0.1, 0.15) is 0 Å². The van der Waals surface area contributed by atoms with Crippen LogP contribution in [0.1, 0.15) is 35.3 Å². The summed E-state index contributed by atoms with van der Waals surface area (Å²) in [7, 11) is 0. The van der Waals surface area contributed by atoms with E-state index in [1.807, 2.05) is 12.1 Å². The second-order valence-corrected chi connectivity index (χ2v) is 7.07. The van der Waals surface area contributed by atoms with Crippen molar-refractivity contribution in [3.05, 3.63) is 70.0 Å². The highest BCUT2D eigenvalue weighted by molar-refractivity contribution is 9.10. The van der Waals surface area contributed by atoms with E-state index in [4.69, 9.17) is 0 Å². The summed E-state index contributed by atoms with van der Waals surface area (Å²) in [5.41, 5.74) is 3.70. The van der Waals surface area contributed by atoms with Gasteiger partial charge in [-0.3, -0.25) is 9.78 Å². The Labute approximate surface area is 138 Å². The Bertz CT molecular complexity index is 751. The molecule has 2 aromatic rings. The van der Waals surface area contributed by atoms with Crippen LogP contribution in [0.4, 0.5) is 0 Å². The number of carbonyl (C=O) groups excluding carboxylic acids is 1. The normalized spacial score (nSPS) is 17.7. The molecule has 22 heavy (non-hydrogen) atoms. The summed E-state index contributed by atoms with van der Waals surface area (Å²) >= 11 is 3.52. The van der Waals surface area contributed by atoms with Crippen LogP contribution in [0.3, 0.4) is 0 Å². The summed E-state index contributed by atoms with van der Waals surface area (Å²) in [5, 5.41) is 3.47. The maximum atomic E-state index is 12.4. The lowest BCUT2D eigenvalue weighted by Crippen LogP contribution is -2.43. The fraction of sp³-hybridized carbons (Fsp3) is 0.222. The molecule has 0 bridgehead atoms. The van der Waals surface area contributed by atoms with Crippen LogP contribution in [0.5, 0.6) is 0 Å². The molecule has 0 unspecified atom stereocenters. The van der Waals surface area contributed by atoms with Crippen molar-refractivity contribution in [2.24, 2.45) is 0 Å². The maximum absolute atomic E-state index is 12.4. The third-order valence-electron chi connectivity index (χ3n) is 3.68. The van der Waals surface area contributed by atoms with Crippen molar-refractivity contribution in [3.63, 3.8) is 0 Å². The van der Waals surface area contributed by atoms with Crippen LogP contribution in [-0.2, 0) is 6.42 Å². The lowest BCUT2D eigenvalue weighted by atomic mass is 9.85. The highest BCUT2D eigenvalue weighted by Crippen LogP contribution is 2.31. The first-order valence-electron chi connectivity index (χ1n) is 7.18. The average molecular weight is 357 g/mol. The average Bonchev–Trinajstić information content (AvgIpc) is 2.46. The van der Waals surface area contributed by atoms with Crippen molar-refractivity contribution in [3.8, 4) is 0 Å². The number of benzene rings is 1. The fourth-order valence-corrected chi connectivity index (χ4v) is 3.17. The van der Waals surface area contributed by atoms with E-state index in [0.29, 0.717) is 5.56 Å². The number of nitrogens with one attached hydrogen (secondary N) is 1. The molecule has 1 aliphatic rings. The van der Waals surface area contributed by atoms with E-state index in [-0.39, 0.29) is 11.3 Å². The molecule has 3 rings (SSSR count).